The predicted octanol–water partition coefficient (Wildman–Crippen LogP) is 2.51. The highest BCUT2D eigenvalue weighted by Gasteiger charge is 2.42. The molecule has 0 aromatic carbocycles. The van der Waals surface area contributed by atoms with Crippen molar-refractivity contribution in [3.8, 4) is 0 Å². The third kappa shape index (κ3) is 4.71. The first kappa shape index (κ1) is 12.2. The van der Waals surface area contributed by atoms with Crippen molar-refractivity contribution in [3.05, 3.63) is 12.2 Å². The summed E-state index contributed by atoms with van der Waals surface area (Å²) in [4.78, 5) is 0. The molecule has 0 heterocycles. The molecule has 0 aliphatic carbocycles. The SMILES string of the molecule is C=C(C(F)NC(F)(F)F)C(F)(F)F. The van der Waals surface area contributed by atoms with E-state index in [0.29, 0.717) is 0 Å². The summed E-state index contributed by atoms with van der Waals surface area (Å²) in [5.41, 5.74) is -2.12. The van der Waals surface area contributed by atoms with Crippen LogP contribution >= 0.6 is 0 Å². The first-order valence-electron chi connectivity index (χ1n) is 2.78. The van der Waals surface area contributed by atoms with Crippen molar-refractivity contribution in [1.29, 1.82) is 0 Å². The molecule has 0 fully saturated rings. The molecule has 0 aromatic heterocycles. The molecule has 13 heavy (non-hydrogen) atoms. The summed E-state index contributed by atoms with van der Waals surface area (Å²) in [6.07, 6.45) is -13.8. The fourth-order valence-corrected chi connectivity index (χ4v) is 0.374. The lowest BCUT2D eigenvalue weighted by atomic mass is 10.3. The molecule has 0 rings (SSSR count). The fraction of sp³-hybridized carbons (Fsp3) is 0.600. The average molecular weight is 211 g/mol. The van der Waals surface area contributed by atoms with Gasteiger partial charge in [-0.3, -0.25) is 0 Å². The summed E-state index contributed by atoms with van der Waals surface area (Å²) >= 11 is 0. The molecule has 0 radical (unpaired) electrons. The first-order chi connectivity index (χ1) is 5.54. The molecule has 0 aliphatic rings. The van der Waals surface area contributed by atoms with E-state index in [1.54, 1.807) is 0 Å². The predicted molar refractivity (Wildman–Crippen MR) is 29.3 cm³/mol. The monoisotopic (exact) mass is 211 g/mol. The van der Waals surface area contributed by atoms with Gasteiger partial charge in [0.15, 0.2) is 6.30 Å². The lowest BCUT2D eigenvalue weighted by Gasteiger charge is -2.17. The van der Waals surface area contributed by atoms with Gasteiger partial charge in [0.1, 0.15) is 0 Å². The number of rotatable bonds is 2. The molecule has 0 bridgehead atoms. The molecule has 1 N–H and O–H groups in total. The maximum atomic E-state index is 12.1. The van der Waals surface area contributed by atoms with Gasteiger partial charge in [-0.2, -0.15) is 31.7 Å². The second-order valence-electron chi connectivity index (χ2n) is 2.03. The Kier molecular flexibility index (Phi) is 3.31. The molecule has 0 saturated heterocycles. The van der Waals surface area contributed by atoms with Crippen LogP contribution in [0.5, 0.6) is 0 Å². The highest BCUT2D eigenvalue weighted by molar-refractivity contribution is 5.08. The minimum absolute atomic E-state index is 0.139. The summed E-state index contributed by atoms with van der Waals surface area (Å²) < 4.78 is 80.6. The Morgan fingerprint density at radius 2 is 1.46 bits per heavy atom. The third-order valence-electron chi connectivity index (χ3n) is 0.960. The Labute approximate surface area is 68.2 Å². The summed E-state index contributed by atoms with van der Waals surface area (Å²) in [5, 5.41) is 0.139. The van der Waals surface area contributed by atoms with Crippen molar-refractivity contribution in [3.63, 3.8) is 0 Å². The van der Waals surface area contributed by atoms with Crippen LogP contribution < -0.4 is 5.32 Å². The van der Waals surface area contributed by atoms with Gasteiger partial charge < -0.3 is 0 Å². The van der Waals surface area contributed by atoms with Crippen LogP contribution in [0, 0.1) is 0 Å². The van der Waals surface area contributed by atoms with Gasteiger partial charge in [0.05, 0.1) is 5.57 Å². The molecular weight excluding hydrogens is 207 g/mol. The van der Waals surface area contributed by atoms with Gasteiger partial charge in [-0.1, -0.05) is 6.58 Å². The zero-order valence-electron chi connectivity index (χ0n) is 5.93. The van der Waals surface area contributed by atoms with Crippen LogP contribution in [-0.4, -0.2) is 18.8 Å². The van der Waals surface area contributed by atoms with Gasteiger partial charge in [-0.05, 0) is 0 Å². The smallest absolute Gasteiger partial charge is 0.225 e. The molecule has 1 unspecified atom stereocenters. The van der Waals surface area contributed by atoms with Gasteiger partial charge in [-0.25, -0.2) is 4.39 Å². The molecule has 1 atom stereocenters. The number of alkyl halides is 7. The largest absolute Gasteiger partial charge is 0.459 e. The van der Waals surface area contributed by atoms with E-state index < -0.39 is 24.3 Å². The molecule has 0 amide bonds. The number of hydrogen-bond acceptors (Lipinski definition) is 1. The summed E-state index contributed by atoms with van der Waals surface area (Å²) in [6.45, 7) is 2.15. The van der Waals surface area contributed by atoms with Crippen molar-refractivity contribution >= 4 is 0 Å². The maximum absolute atomic E-state index is 12.1. The fourth-order valence-electron chi connectivity index (χ4n) is 0.374. The molecule has 0 aromatic rings. The average Bonchev–Trinajstić information content (AvgIpc) is 1.79. The van der Waals surface area contributed by atoms with Gasteiger partial charge in [0.25, 0.3) is 0 Å². The quantitative estimate of drug-likeness (QED) is 0.420. The topological polar surface area (TPSA) is 12.0 Å². The summed E-state index contributed by atoms with van der Waals surface area (Å²) in [7, 11) is 0. The van der Waals surface area contributed by atoms with Gasteiger partial charge in [-0.15, -0.1) is 0 Å². The molecule has 1 nitrogen and oxygen atoms in total. The highest BCUT2D eigenvalue weighted by atomic mass is 19.4. The van der Waals surface area contributed by atoms with Crippen molar-refractivity contribution in [2.75, 3.05) is 0 Å². The summed E-state index contributed by atoms with van der Waals surface area (Å²) in [6, 6.07) is 0. The van der Waals surface area contributed by atoms with E-state index in [1.807, 2.05) is 0 Å². The van der Waals surface area contributed by atoms with Crippen molar-refractivity contribution in [2.24, 2.45) is 0 Å². The van der Waals surface area contributed by atoms with Crippen molar-refractivity contribution < 1.29 is 30.7 Å². The van der Waals surface area contributed by atoms with Crippen LogP contribution in [-0.2, 0) is 0 Å². The maximum Gasteiger partial charge on any atom is 0.459 e. The molecule has 78 valence electrons. The van der Waals surface area contributed by atoms with Crippen LogP contribution in [0.15, 0.2) is 12.2 Å². The Morgan fingerprint density at radius 1 is 1.08 bits per heavy atom. The van der Waals surface area contributed by atoms with E-state index in [2.05, 4.69) is 6.58 Å². The van der Waals surface area contributed by atoms with Gasteiger partial charge >= 0.3 is 12.5 Å². The zero-order chi connectivity index (χ0) is 10.9. The first-order valence-corrected chi connectivity index (χ1v) is 2.78. The second kappa shape index (κ2) is 3.52. The second-order valence-corrected chi connectivity index (χ2v) is 2.03. The van der Waals surface area contributed by atoms with E-state index in [1.165, 1.54) is 0 Å². The number of halogens is 7. The van der Waals surface area contributed by atoms with Crippen molar-refractivity contribution in [2.45, 2.75) is 18.8 Å². The highest BCUT2D eigenvalue weighted by Crippen LogP contribution is 2.28. The van der Waals surface area contributed by atoms with E-state index in [9.17, 15) is 30.7 Å². The zero-order valence-corrected chi connectivity index (χ0v) is 5.93. The Balaban J connectivity index is 4.30. The van der Waals surface area contributed by atoms with Crippen LogP contribution in [0.4, 0.5) is 30.7 Å². The molecule has 8 heteroatoms. The Bertz CT molecular complexity index is 190. The van der Waals surface area contributed by atoms with Gasteiger partial charge in [0.2, 0.25) is 0 Å². The molecule has 0 saturated carbocycles. The molecule has 0 aliphatic heterocycles. The normalized spacial score (nSPS) is 15.6. The third-order valence-corrected chi connectivity index (χ3v) is 0.960. The minimum Gasteiger partial charge on any atom is -0.225 e. The number of hydrogen-bond donors (Lipinski definition) is 1. The molecule has 0 spiro atoms. The standard InChI is InChI=1S/C5H4F7N/c1-2(4(7,8)9)3(6)13-5(10,11)12/h3,13H,1H2. The Hall–Kier alpha value is -0.790. The van der Waals surface area contributed by atoms with E-state index in [-0.39, 0.29) is 5.32 Å². The minimum atomic E-state index is -5.21. The molecular formula is C5H4F7N. The van der Waals surface area contributed by atoms with Crippen molar-refractivity contribution in [1.82, 2.24) is 5.32 Å². The van der Waals surface area contributed by atoms with Crippen LogP contribution in [0.1, 0.15) is 0 Å². The van der Waals surface area contributed by atoms with Crippen LogP contribution in [0.3, 0.4) is 0 Å². The van der Waals surface area contributed by atoms with E-state index >= 15 is 0 Å². The van der Waals surface area contributed by atoms with Gasteiger partial charge in [0, 0.05) is 0 Å². The van der Waals surface area contributed by atoms with Crippen LogP contribution in [0.25, 0.3) is 0 Å². The number of nitrogens with one attached hydrogen (secondary N) is 1. The summed E-state index contributed by atoms with van der Waals surface area (Å²) in [5.74, 6) is 0. The Morgan fingerprint density at radius 3 is 1.69 bits per heavy atom. The lowest BCUT2D eigenvalue weighted by molar-refractivity contribution is -0.177. The van der Waals surface area contributed by atoms with Crippen LogP contribution in [0.2, 0.25) is 0 Å². The van der Waals surface area contributed by atoms with E-state index in [0.717, 1.165) is 0 Å². The van der Waals surface area contributed by atoms with E-state index in [4.69, 9.17) is 0 Å². The lowest BCUT2D eigenvalue weighted by Crippen LogP contribution is -2.41.